The minimum Gasteiger partial charge on any atom is -0.304 e. The van der Waals surface area contributed by atoms with Gasteiger partial charge in [0.2, 0.25) is 0 Å². The van der Waals surface area contributed by atoms with Gasteiger partial charge in [-0.25, -0.2) is 4.39 Å². The van der Waals surface area contributed by atoms with Crippen LogP contribution in [0.3, 0.4) is 0 Å². The number of hydrogen-bond acceptors (Lipinski definition) is 3. The average Bonchev–Trinajstić information content (AvgIpc) is 2.73. The van der Waals surface area contributed by atoms with E-state index in [0.717, 1.165) is 11.3 Å². The highest BCUT2D eigenvalue weighted by atomic mass is 19.1. The molecule has 4 nitrogen and oxygen atoms in total. The molecule has 0 fully saturated rings. The van der Waals surface area contributed by atoms with Gasteiger partial charge in [-0.3, -0.25) is 4.68 Å². The Labute approximate surface area is 99.5 Å². The zero-order valence-corrected chi connectivity index (χ0v) is 9.89. The molecule has 0 aliphatic rings. The summed E-state index contributed by atoms with van der Waals surface area (Å²) in [5, 5.41) is 11.2. The third-order valence-electron chi connectivity index (χ3n) is 2.61. The average molecular weight is 234 g/mol. The van der Waals surface area contributed by atoms with Crippen molar-refractivity contribution in [2.45, 2.75) is 19.5 Å². The van der Waals surface area contributed by atoms with Gasteiger partial charge in [0.05, 0.1) is 5.69 Å². The van der Waals surface area contributed by atoms with E-state index in [-0.39, 0.29) is 11.9 Å². The van der Waals surface area contributed by atoms with Gasteiger partial charge in [-0.05, 0) is 24.6 Å². The topological polar surface area (TPSA) is 42.7 Å². The highest BCUT2D eigenvalue weighted by Gasteiger charge is 2.06. The Morgan fingerprint density at radius 1 is 1.35 bits per heavy atom. The van der Waals surface area contributed by atoms with Crippen molar-refractivity contribution in [2.75, 3.05) is 0 Å². The lowest BCUT2D eigenvalue weighted by atomic mass is 10.1. The van der Waals surface area contributed by atoms with Crippen molar-refractivity contribution in [3.05, 3.63) is 47.5 Å². The summed E-state index contributed by atoms with van der Waals surface area (Å²) in [6, 6.07) is 6.65. The van der Waals surface area contributed by atoms with Crippen molar-refractivity contribution in [1.82, 2.24) is 20.3 Å². The maximum atomic E-state index is 12.8. The van der Waals surface area contributed by atoms with Gasteiger partial charge in [0.25, 0.3) is 0 Å². The first kappa shape index (κ1) is 11.7. The highest BCUT2D eigenvalue weighted by molar-refractivity contribution is 5.19. The van der Waals surface area contributed by atoms with E-state index in [2.05, 4.69) is 15.6 Å². The van der Waals surface area contributed by atoms with E-state index in [0.29, 0.717) is 6.54 Å². The van der Waals surface area contributed by atoms with Crippen molar-refractivity contribution >= 4 is 0 Å². The second-order valence-corrected chi connectivity index (χ2v) is 4.04. The normalized spacial score (nSPS) is 12.6. The SMILES string of the molecule is C[C@@H](NCc1cn(C)nn1)c1ccc(F)cc1. The second kappa shape index (κ2) is 5.05. The molecule has 0 aliphatic heterocycles. The van der Waals surface area contributed by atoms with Gasteiger partial charge in [-0.15, -0.1) is 5.10 Å². The third kappa shape index (κ3) is 3.10. The molecule has 2 aromatic rings. The van der Waals surface area contributed by atoms with Gasteiger partial charge >= 0.3 is 0 Å². The first-order valence-electron chi connectivity index (χ1n) is 5.49. The maximum absolute atomic E-state index is 12.8. The molecule has 1 N–H and O–H groups in total. The van der Waals surface area contributed by atoms with Crippen molar-refractivity contribution in [3.63, 3.8) is 0 Å². The van der Waals surface area contributed by atoms with Crippen LogP contribution < -0.4 is 5.32 Å². The summed E-state index contributed by atoms with van der Waals surface area (Å²) in [6.07, 6.45) is 1.87. The first-order chi connectivity index (χ1) is 8.15. The van der Waals surface area contributed by atoms with Crippen LogP contribution in [0.1, 0.15) is 24.2 Å². The van der Waals surface area contributed by atoms with Crippen LogP contribution in [0.2, 0.25) is 0 Å². The predicted octanol–water partition coefficient (Wildman–Crippen LogP) is 1.80. The van der Waals surface area contributed by atoms with E-state index >= 15 is 0 Å². The Kier molecular flexibility index (Phi) is 3.49. The Morgan fingerprint density at radius 2 is 2.06 bits per heavy atom. The second-order valence-electron chi connectivity index (χ2n) is 4.04. The zero-order chi connectivity index (χ0) is 12.3. The maximum Gasteiger partial charge on any atom is 0.123 e. The van der Waals surface area contributed by atoms with Crippen molar-refractivity contribution in [2.24, 2.45) is 7.05 Å². The lowest BCUT2D eigenvalue weighted by Gasteiger charge is -2.12. The van der Waals surface area contributed by atoms with Crippen LogP contribution in [0.25, 0.3) is 0 Å². The van der Waals surface area contributed by atoms with Crippen LogP contribution in [0.5, 0.6) is 0 Å². The molecule has 0 saturated carbocycles. The van der Waals surface area contributed by atoms with Gasteiger partial charge < -0.3 is 5.32 Å². The van der Waals surface area contributed by atoms with E-state index in [9.17, 15) is 4.39 Å². The largest absolute Gasteiger partial charge is 0.304 e. The molecule has 5 heteroatoms. The summed E-state index contributed by atoms with van der Waals surface area (Å²) >= 11 is 0. The molecule has 1 atom stereocenters. The highest BCUT2D eigenvalue weighted by Crippen LogP contribution is 2.13. The van der Waals surface area contributed by atoms with Gasteiger partial charge in [0.15, 0.2) is 0 Å². The van der Waals surface area contributed by atoms with Crippen molar-refractivity contribution < 1.29 is 4.39 Å². The molecule has 0 bridgehead atoms. The minimum absolute atomic E-state index is 0.151. The third-order valence-corrected chi connectivity index (χ3v) is 2.61. The number of aromatic nitrogens is 3. The van der Waals surface area contributed by atoms with Crippen LogP contribution in [0.15, 0.2) is 30.5 Å². The number of benzene rings is 1. The molecular formula is C12H15FN4. The summed E-state index contributed by atoms with van der Waals surface area (Å²) in [7, 11) is 1.83. The lowest BCUT2D eigenvalue weighted by Crippen LogP contribution is -2.18. The van der Waals surface area contributed by atoms with E-state index in [4.69, 9.17) is 0 Å². The summed E-state index contributed by atoms with van der Waals surface area (Å²) in [5.74, 6) is -0.213. The van der Waals surface area contributed by atoms with Crippen LogP contribution >= 0.6 is 0 Å². The van der Waals surface area contributed by atoms with Crippen molar-refractivity contribution in [3.8, 4) is 0 Å². The van der Waals surface area contributed by atoms with E-state index < -0.39 is 0 Å². The number of nitrogens with zero attached hydrogens (tertiary/aromatic N) is 3. The fourth-order valence-electron chi connectivity index (χ4n) is 1.60. The molecule has 0 spiro atoms. The fourth-order valence-corrected chi connectivity index (χ4v) is 1.60. The van der Waals surface area contributed by atoms with E-state index in [1.807, 2.05) is 20.2 Å². The molecule has 0 unspecified atom stereocenters. The number of hydrogen-bond donors (Lipinski definition) is 1. The quantitative estimate of drug-likeness (QED) is 0.877. The Bertz CT molecular complexity index is 478. The lowest BCUT2D eigenvalue weighted by molar-refractivity contribution is 0.564. The number of nitrogens with one attached hydrogen (secondary N) is 1. The van der Waals surface area contributed by atoms with Gasteiger partial charge in [-0.1, -0.05) is 17.3 Å². The van der Waals surface area contributed by atoms with E-state index in [1.165, 1.54) is 12.1 Å². The molecule has 0 radical (unpaired) electrons. The molecule has 0 saturated heterocycles. The Morgan fingerprint density at radius 3 is 2.65 bits per heavy atom. The minimum atomic E-state index is -0.213. The Balaban J connectivity index is 1.93. The fraction of sp³-hybridized carbons (Fsp3) is 0.333. The van der Waals surface area contributed by atoms with Crippen LogP contribution in [0.4, 0.5) is 4.39 Å². The summed E-state index contributed by atoms with van der Waals surface area (Å²) in [4.78, 5) is 0. The van der Waals surface area contributed by atoms with Gasteiger partial charge in [-0.2, -0.15) is 0 Å². The number of halogens is 1. The summed E-state index contributed by atoms with van der Waals surface area (Å²) in [6.45, 7) is 2.68. The predicted molar refractivity (Wildman–Crippen MR) is 62.7 cm³/mol. The zero-order valence-electron chi connectivity index (χ0n) is 9.89. The molecule has 17 heavy (non-hydrogen) atoms. The van der Waals surface area contributed by atoms with Crippen molar-refractivity contribution in [1.29, 1.82) is 0 Å². The molecule has 2 rings (SSSR count). The molecule has 1 aromatic carbocycles. The molecule has 0 amide bonds. The summed E-state index contributed by atoms with van der Waals surface area (Å²) < 4.78 is 14.4. The van der Waals surface area contributed by atoms with Crippen LogP contribution in [-0.2, 0) is 13.6 Å². The van der Waals surface area contributed by atoms with Crippen LogP contribution in [0, 0.1) is 5.82 Å². The van der Waals surface area contributed by atoms with Gasteiger partial charge in [0.1, 0.15) is 5.82 Å². The van der Waals surface area contributed by atoms with E-state index in [1.54, 1.807) is 16.8 Å². The summed E-state index contributed by atoms with van der Waals surface area (Å²) in [5.41, 5.74) is 1.94. The number of rotatable bonds is 4. The van der Waals surface area contributed by atoms with Crippen LogP contribution in [-0.4, -0.2) is 15.0 Å². The molecule has 1 heterocycles. The molecule has 0 aliphatic carbocycles. The monoisotopic (exact) mass is 234 g/mol. The Hall–Kier alpha value is -1.75. The van der Waals surface area contributed by atoms with Gasteiger partial charge in [0, 0.05) is 25.8 Å². The first-order valence-corrected chi connectivity index (χ1v) is 5.49. The molecule has 90 valence electrons. The smallest absolute Gasteiger partial charge is 0.123 e. The standard InChI is InChI=1S/C12H15FN4/c1-9(10-3-5-11(13)6-4-10)14-7-12-8-17(2)16-15-12/h3-6,8-9,14H,7H2,1-2H3/t9-/m1/s1. The molecule has 1 aromatic heterocycles. The number of aryl methyl sites for hydroxylation is 1. The molecular weight excluding hydrogens is 219 g/mol.